The second kappa shape index (κ2) is 6.88. The van der Waals surface area contributed by atoms with Crippen LogP contribution >= 0.6 is 0 Å². The third kappa shape index (κ3) is 4.22. The number of ether oxygens (including phenoxy) is 1. The molecule has 1 aromatic carbocycles. The topological polar surface area (TPSA) is 92.7 Å². The summed E-state index contributed by atoms with van der Waals surface area (Å²) in [6, 6.07) is 4.36. The summed E-state index contributed by atoms with van der Waals surface area (Å²) in [7, 11) is -2.40. The van der Waals surface area contributed by atoms with Crippen molar-refractivity contribution in [2.75, 3.05) is 13.7 Å². The molecule has 1 aromatic rings. The van der Waals surface area contributed by atoms with Gasteiger partial charge in [0.25, 0.3) is 0 Å². The van der Waals surface area contributed by atoms with Gasteiger partial charge in [0.2, 0.25) is 10.0 Å². The molecule has 0 heterocycles. The van der Waals surface area contributed by atoms with Gasteiger partial charge in [-0.15, -0.1) is 6.58 Å². The van der Waals surface area contributed by atoms with Gasteiger partial charge in [0.1, 0.15) is 10.6 Å². The molecule has 0 saturated carbocycles. The predicted molar refractivity (Wildman–Crippen MR) is 75.0 cm³/mol. The molecule has 0 unspecified atom stereocenters. The molecule has 0 saturated heterocycles. The quantitative estimate of drug-likeness (QED) is 0.584. The van der Waals surface area contributed by atoms with Crippen LogP contribution in [0, 0.1) is 0 Å². The van der Waals surface area contributed by atoms with Crippen LogP contribution in [0.4, 0.5) is 0 Å². The summed E-state index contributed by atoms with van der Waals surface area (Å²) in [5, 5.41) is 8.57. The fraction of sp³-hybridized carbons (Fsp3) is 0.154. The van der Waals surface area contributed by atoms with Crippen LogP contribution in [-0.4, -0.2) is 33.1 Å². The van der Waals surface area contributed by atoms with Gasteiger partial charge in [-0.25, -0.2) is 17.9 Å². The Labute approximate surface area is 117 Å². The van der Waals surface area contributed by atoms with E-state index < -0.39 is 16.0 Å². The smallest absolute Gasteiger partial charge is 0.328 e. The molecule has 0 fully saturated rings. The van der Waals surface area contributed by atoms with Gasteiger partial charge in [0, 0.05) is 12.6 Å². The first-order chi connectivity index (χ1) is 9.40. The van der Waals surface area contributed by atoms with Crippen LogP contribution < -0.4 is 9.46 Å². The molecule has 0 aliphatic rings. The van der Waals surface area contributed by atoms with E-state index in [9.17, 15) is 13.2 Å². The lowest BCUT2D eigenvalue weighted by Gasteiger charge is -2.10. The molecule has 0 aliphatic heterocycles. The highest BCUT2D eigenvalue weighted by molar-refractivity contribution is 7.89. The van der Waals surface area contributed by atoms with E-state index in [2.05, 4.69) is 11.3 Å². The van der Waals surface area contributed by atoms with Gasteiger partial charge in [-0.3, -0.25) is 0 Å². The highest BCUT2D eigenvalue weighted by atomic mass is 32.2. The van der Waals surface area contributed by atoms with Crippen LogP contribution in [0.2, 0.25) is 0 Å². The number of carboxylic acids is 1. The summed E-state index contributed by atoms with van der Waals surface area (Å²) in [5.74, 6) is -0.941. The number of hydrogen-bond donors (Lipinski definition) is 2. The number of nitrogens with one attached hydrogen (secondary N) is 1. The minimum absolute atomic E-state index is 0.0608. The Morgan fingerprint density at radius 1 is 1.50 bits per heavy atom. The van der Waals surface area contributed by atoms with Crippen molar-refractivity contribution in [2.24, 2.45) is 0 Å². The summed E-state index contributed by atoms with van der Waals surface area (Å²) in [4.78, 5) is 10.4. The van der Waals surface area contributed by atoms with Crippen LogP contribution in [0.3, 0.4) is 0 Å². The second-order valence-corrected chi connectivity index (χ2v) is 5.46. The lowest BCUT2D eigenvalue weighted by Crippen LogP contribution is -2.24. The molecule has 1 rings (SSSR count). The Morgan fingerprint density at radius 3 is 2.75 bits per heavy atom. The van der Waals surface area contributed by atoms with E-state index in [1.165, 1.54) is 31.4 Å². The molecule has 0 spiro atoms. The molecule has 0 aromatic heterocycles. The minimum atomic E-state index is -3.75. The molecule has 108 valence electrons. The van der Waals surface area contributed by atoms with Crippen LogP contribution in [0.15, 0.2) is 41.8 Å². The summed E-state index contributed by atoms with van der Waals surface area (Å²) in [6.45, 7) is 3.52. The molecular weight excluding hydrogens is 282 g/mol. The van der Waals surface area contributed by atoms with Gasteiger partial charge < -0.3 is 9.84 Å². The maximum atomic E-state index is 12.1. The van der Waals surface area contributed by atoms with Gasteiger partial charge in [-0.05, 0) is 23.8 Å². The lowest BCUT2D eigenvalue weighted by atomic mass is 10.2. The summed E-state index contributed by atoms with van der Waals surface area (Å²) in [5.41, 5.74) is 0.437. The first-order valence-electron chi connectivity index (χ1n) is 5.60. The largest absolute Gasteiger partial charge is 0.495 e. The van der Waals surface area contributed by atoms with Gasteiger partial charge in [0.15, 0.2) is 0 Å². The second-order valence-electron chi connectivity index (χ2n) is 3.72. The Hall–Kier alpha value is -2.12. The molecule has 0 amide bonds. The molecule has 0 aliphatic carbocycles. The van der Waals surface area contributed by atoms with E-state index in [-0.39, 0.29) is 17.2 Å². The molecule has 0 radical (unpaired) electrons. The Morgan fingerprint density at radius 2 is 2.20 bits per heavy atom. The van der Waals surface area contributed by atoms with Gasteiger partial charge in [-0.2, -0.15) is 0 Å². The Kier molecular flexibility index (Phi) is 5.48. The molecule has 0 atom stereocenters. The minimum Gasteiger partial charge on any atom is -0.495 e. The highest BCUT2D eigenvalue weighted by Crippen LogP contribution is 2.25. The van der Waals surface area contributed by atoms with Crippen molar-refractivity contribution in [3.63, 3.8) is 0 Å². The van der Waals surface area contributed by atoms with Gasteiger partial charge >= 0.3 is 5.97 Å². The highest BCUT2D eigenvalue weighted by Gasteiger charge is 2.18. The predicted octanol–water partition coefficient (Wildman–Crippen LogP) is 1.26. The van der Waals surface area contributed by atoms with Crippen molar-refractivity contribution in [2.45, 2.75) is 4.90 Å². The Balaban J connectivity index is 3.25. The zero-order chi connectivity index (χ0) is 15.2. The van der Waals surface area contributed by atoms with Crippen molar-refractivity contribution in [1.82, 2.24) is 4.72 Å². The number of carboxylic acid groups (broad SMARTS) is 1. The summed E-state index contributed by atoms with van der Waals surface area (Å²) < 4.78 is 31.5. The van der Waals surface area contributed by atoms with Gasteiger partial charge in [0.05, 0.1) is 7.11 Å². The monoisotopic (exact) mass is 297 g/mol. The average Bonchev–Trinajstić information content (AvgIpc) is 2.42. The molecule has 20 heavy (non-hydrogen) atoms. The van der Waals surface area contributed by atoms with Crippen LogP contribution in [0.1, 0.15) is 5.56 Å². The first kappa shape index (κ1) is 15.9. The first-order valence-corrected chi connectivity index (χ1v) is 7.08. The van der Waals surface area contributed by atoms with Gasteiger partial charge in [-0.1, -0.05) is 12.1 Å². The van der Waals surface area contributed by atoms with E-state index in [1.807, 2.05) is 0 Å². The number of rotatable bonds is 7. The third-order valence-corrected chi connectivity index (χ3v) is 3.76. The van der Waals surface area contributed by atoms with E-state index in [0.717, 1.165) is 6.08 Å². The molecule has 7 heteroatoms. The number of aliphatic carboxylic acids is 1. The zero-order valence-electron chi connectivity index (χ0n) is 10.9. The number of carbonyl (C=O) groups is 1. The van der Waals surface area contributed by atoms with E-state index in [0.29, 0.717) is 5.56 Å². The molecule has 0 bridgehead atoms. The molecular formula is C13H15NO5S. The van der Waals surface area contributed by atoms with E-state index in [4.69, 9.17) is 9.84 Å². The number of benzene rings is 1. The van der Waals surface area contributed by atoms with E-state index in [1.54, 1.807) is 6.07 Å². The van der Waals surface area contributed by atoms with Crippen LogP contribution in [-0.2, 0) is 14.8 Å². The third-order valence-electron chi connectivity index (χ3n) is 2.31. The van der Waals surface area contributed by atoms with Crippen molar-refractivity contribution in [1.29, 1.82) is 0 Å². The number of sulfonamides is 1. The SMILES string of the molecule is C=CCNS(=O)(=O)c1cc(/C=C/C(=O)O)ccc1OC. The van der Waals surface area contributed by atoms with Crippen molar-refractivity contribution in [3.8, 4) is 5.75 Å². The Bertz CT molecular complexity index is 634. The summed E-state index contributed by atoms with van der Waals surface area (Å²) >= 11 is 0. The van der Waals surface area contributed by atoms with Crippen molar-refractivity contribution < 1.29 is 23.1 Å². The van der Waals surface area contributed by atoms with Crippen LogP contribution in [0.25, 0.3) is 6.08 Å². The fourth-order valence-corrected chi connectivity index (χ4v) is 2.62. The maximum Gasteiger partial charge on any atom is 0.328 e. The standard InChI is InChI=1S/C13H15NO5S/c1-3-8-14-20(17,18)12-9-10(5-7-13(15)16)4-6-11(12)19-2/h3-7,9,14H,1,8H2,2H3,(H,15,16)/b7-5+. The van der Waals surface area contributed by atoms with Crippen molar-refractivity contribution >= 4 is 22.1 Å². The number of methoxy groups -OCH3 is 1. The normalized spacial score (nSPS) is 11.4. The zero-order valence-corrected chi connectivity index (χ0v) is 11.7. The van der Waals surface area contributed by atoms with Crippen LogP contribution in [0.5, 0.6) is 5.75 Å². The number of hydrogen-bond acceptors (Lipinski definition) is 4. The maximum absolute atomic E-state index is 12.1. The molecule has 6 nitrogen and oxygen atoms in total. The average molecular weight is 297 g/mol. The van der Waals surface area contributed by atoms with Crippen molar-refractivity contribution in [3.05, 3.63) is 42.5 Å². The molecule has 2 N–H and O–H groups in total. The lowest BCUT2D eigenvalue weighted by molar-refractivity contribution is -0.131. The summed E-state index contributed by atoms with van der Waals surface area (Å²) in [6.07, 6.45) is 3.64. The van der Waals surface area contributed by atoms with E-state index >= 15 is 0 Å². The fourth-order valence-electron chi connectivity index (χ4n) is 1.42.